The smallest absolute Gasteiger partial charge is 0.166 e. The SMILES string of the molecule is CCC(=O)c1ccccc1OCCN1CCN(C)CC1. The van der Waals surface area contributed by atoms with Crippen molar-refractivity contribution < 1.29 is 9.53 Å². The van der Waals surface area contributed by atoms with E-state index >= 15 is 0 Å². The van der Waals surface area contributed by atoms with Crippen LogP contribution in [0.3, 0.4) is 0 Å². The molecule has 0 atom stereocenters. The van der Waals surface area contributed by atoms with Crippen LogP contribution in [0.25, 0.3) is 0 Å². The summed E-state index contributed by atoms with van der Waals surface area (Å²) < 4.78 is 5.81. The molecule has 0 radical (unpaired) electrons. The molecule has 110 valence electrons. The van der Waals surface area contributed by atoms with Crippen LogP contribution in [0.5, 0.6) is 5.75 Å². The first-order valence-electron chi connectivity index (χ1n) is 7.36. The number of likely N-dealkylation sites (N-methyl/N-ethyl adjacent to an activating group) is 1. The van der Waals surface area contributed by atoms with Gasteiger partial charge < -0.3 is 9.64 Å². The summed E-state index contributed by atoms with van der Waals surface area (Å²) in [4.78, 5) is 16.6. The Kier molecular flexibility index (Phi) is 5.56. The number of Topliss-reactive ketones (excluding diaryl/α,β-unsaturated/α-hetero) is 1. The molecule has 0 aliphatic carbocycles. The zero-order valence-corrected chi connectivity index (χ0v) is 12.5. The molecule has 0 unspecified atom stereocenters. The van der Waals surface area contributed by atoms with Crippen molar-refractivity contribution in [1.82, 2.24) is 9.80 Å². The van der Waals surface area contributed by atoms with Crippen molar-refractivity contribution in [2.24, 2.45) is 0 Å². The lowest BCUT2D eigenvalue weighted by molar-refractivity contribution is 0.0981. The number of benzene rings is 1. The van der Waals surface area contributed by atoms with Gasteiger partial charge in [-0.1, -0.05) is 19.1 Å². The third-order valence-electron chi connectivity index (χ3n) is 3.77. The molecule has 4 nitrogen and oxygen atoms in total. The van der Waals surface area contributed by atoms with Crippen LogP contribution in [-0.2, 0) is 0 Å². The fourth-order valence-electron chi connectivity index (χ4n) is 2.37. The molecule has 0 aromatic heterocycles. The number of rotatable bonds is 6. The summed E-state index contributed by atoms with van der Waals surface area (Å²) >= 11 is 0. The number of piperazine rings is 1. The summed E-state index contributed by atoms with van der Waals surface area (Å²) in [7, 11) is 2.15. The highest BCUT2D eigenvalue weighted by molar-refractivity contribution is 5.98. The Labute approximate surface area is 121 Å². The lowest BCUT2D eigenvalue weighted by Gasteiger charge is -2.32. The lowest BCUT2D eigenvalue weighted by atomic mass is 10.1. The fourth-order valence-corrected chi connectivity index (χ4v) is 2.37. The molecule has 1 aromatic carbocycles. The van der Waals surface area contributed by atoms with Gasteiger partial charge in [0.15, 0.2) is 5.78 Å². The minimum atomic E-state index is 0.139. The fraction of sp³-hybridized carbons (Fsp3) is 0.562. The molecular weight excluding hydrogens is 252 g/mol. The molecule has 0 N–H and O–H groups in total. The van der Waals surface area contributed by atoms with Gasteiger partial charge in [-0.15, -0.1) is 0 Å². The molecule has 1 aromatic rings. The highest BCUT2D eigenvalue weighted by atomic mass is 16.5. The number of nitrogens with zero attached hydrogens (tertiary/aromatic N) is 2. The summed E-state index contributed by atoms with van der Waals surface area (Å²) in [5, 5.41) is 0. The van der Waals surface area contributed by atoms with E-state index in [-0.39, 0.29) is 5.78 Å². The Morgan fingerprint density at radius 3 is 2.60 bits per heavy atom. The van der Waals surface area contributed by atoms with Crippen LogP contribution in [-0.4, -0.2) is 62.0 Å². The Hall–Kier alpha value is -1.39. The first-order valence-corrected chi connectivity index (χ1v) is 7.36. The molecule has 0 spiro atoms. The molecule has 1 fully saturated rings. The first-order chi connectivity index (χ1) is 9.70. The van der Waals surface area contributed by atoms with Crippen molar-refractivity contribution in [2.75, 3.05) is 46.4 Å². The molecule has 1 heterocycles. The number of hydrogen-bond acceptors (Lipinski definition) is 4. The van der Waals surface area contributed by atoms with E-state index in [9.17, 15) is 4.79 Å². The normalized spacial score (nSPS) is 17.1. The van der Waals surface area contributed by atoms with Crippen molar-refractivity contribution in [3.05, 3.63) is 29.8 Å². The van der Waals surface area contributed by atoms with Gasteiger partial charge in [-0.05, 0) is 19.2 Å². The molecule has 2 rings (SSSR count). The summed E-state index contributed by atoms with van der Waals surface area (Å²) in [5.74, 6) is 0.855. The van der Waals surface area contributed by atoms with Gasteiger partial charge >= 0.3 is 0 Å². The van der Waals surface area contributed by atoms with E-state index in [4.69, 9.17) is 4.74 Å². The molecule has 0 saturated carbocycles. The van der Waals surface area contributed by atoms with Crippen molar-refractivity contribution in [3.8, 4) is 5.75 Å². The number of hydrogen-bond donors (Lipinski definition) is 0. The van der Waals surface area contributed by atoms with Gasteiger partial charge in [0, 0.05) is 39.1 Å². The average Bonchev–Trinajstić information content (AvgIpc) is 2.49. The highest BCUT2D eigenvalue weighted by Crippen LogP contribution is 2.19. The quantitative estimate of drug-likeness (QED) is 0.743. The topological polar surface area (TPSA) is 32.8 Å². The molecule has 20 heavy (non-hydrogen) atoms. The van der Waals surface area contributed by atoms with Crippen LogP contribution in [0.1, 0.15) is 23.7 Å². The molecule has 0 bridgehead atoms. The van der Waals surface area contributed by atoms with Crippen molar-refractivity contribution in [3.63, 3.8) is 0 Å². The van der Waals surface area contributed by atoms with Gasteiger partial charge in [0.25, 0.3) is 0 Å². The molecular formula is C16H24N2O2. The standard InChI is InChI=1S/C16H24N2O2/c1-3-15(19)14-6-4-5-7-16(14)20-13-12-18-10-8-17(2)9-11-18/h4-7H,3,8-13H2,1-2H3. The van der Waals surface area contributed by atoms with Crippen LogP contribution in [0.2, 0.25) is 0 Å². The molecule has 1 saturated heterocycles. The van der Waals surface area contributed by atoms with Crippen molar-refractivity contribution in [1.29, 1.82) is 0 Å². The van der Waals surface area contributed by atoms with Gasteiger partial charge in [-0.3, -0.25) is 9.69 Å². The van der Waals surface area contributed by atoms with E-state index in [1.165, 1.54) is 0 Å². The third-order valence-corrected chi connectivity index (χ3v) is 3.77. The van der Waals surface area contributed by atoms with Gasteiger partial charge in [-0.25, -0.2) is 0 Å². The molecule has 1 aliphatic heterocycles. The molecule has 0 amide bonds. The summed E-state index contributed by atoms with van der Waals surface area (Å²) in [6, 6.07) is 7.53. The van der Waals surface area contributed by atoms with E-state index < -0.39 is 0 Å². The third kappa shape index (κ3) is 4.05. The second-order valence-electron chi connectivity index (χ2n) is 5.27. The van der Waals surface area contributed by atoms with Crippen molar-refractivity contribution in [2.45, 2.75) is 13.3 Å². The lowest BCUT2D eigenvalue weighted by Crippen LogP contribution is -2.45. The maximum absolute atomic E-state index is 11.8. The zero-order chi connectivity index (χ0) is 14.4. The van der Waals surface area contributed by atoms with Crippen LogP contribution < -0.4 is 4.74 Å². The van der Waals surface area contributed by atoms with Gasteiger partial charge in [0.1, 0.15) is 12.4 Å². The summed E-state index contributed by atoms with van der Waals surface area (Å²) in [5.41, 5.74) is 0.702. The van der Waals surface area contributed by atoms with E-state index in [0.717, 1.165) is 32.7 Å². The average molecular weight is 276 g/mol. The van der Waals surface area contributed by atoms with Crippen LogP contribution in [0.15, 0.2) is 24.3 Å². The number of carbonyl (C=O) groups is 1. The Morgan fingerprint density at radius 2 is 1.90 bits per heavy atom. The van der Waals surface area contributed by atoms with Crippen LogP contribution >= 0.6 is 0 Å². The summed E-state index contributed by atoms with van der Waals surface area (Å²) in [6.07, 6.45) is 0.513. The maximum atomic E-state index is 11.8. The Balaban J connectivity index is 1.83. The molecule has 1 aliphatic rings. The van der Waals surface area contributed by atoms with Crippen molar-refractivity contribution >= 4 is 5.78 Å². The maximum Gasteiger partial charge on any atom is 0.166 e. The van der Waals surface area contributed by atoms with Gasteiger partial charge in [-0.2, -0.15) is 0 Å². The van der Waals surface area contributed by atoms with Crippen LogP contribution in [0.4, 0.5) is 0 Å². The second kappa shape index (κ2) is 7.41. The highest BCUT2D eigenvalue weighted by Gasteiger charge is 2.14. The Morgan fingerprint density at radius 1 is 1.20 bits per heavy atom. The largest absolute Gasteiger partial charge is 0.491 e. The number of para-hydroxylation sites is 1. The second-order valence-corrected chi connectivity index (χ2v) is 5.27. The minimum absolute atomic E-state index is 0.139. The molecule has 4 heteroatoms. The van der Waals surface area contributed by atoms with E-state index in [1.54, 1.807) is 0 Å². The number of ketones is 1. The van der Waals surface area contributed by atoms with E-state index in [2.05, 4.69) is 16.8 Å². The predicted molar refractivity (Wildman–Crippen MR) is 80.5 cm³/mol. The Bertz CT molecular complexity index is 440. The van der Waals surface area contributed by atoms with Gasteiger partial charge in [0.2, 0.25) is 0 Å². The van der Waals surface area contributed by atoms with Crippen LogP contribution in [0, 0.1) is 0 Å². The number of carbonyl (C=O) groups excluding carboxylic acids is 1. The van der Waals surface area contributed by atoms with Gasteiger partial charge in [0.05, 0.1) is 5.56 Å². The van der Waals surface area contributed by atoms with E-state index in [0.29, 0.717) is 24.3 Å². The number of ether oxygens (including phenoxy) is 1. The first kappa shape index (κ1) is 15.0. The summed E-state index contributed by atoms with van der Waals surface area (Å²) in [6.45, 7) is 7.85. The van der Waals surface area contributed by atoms with E-state index in [1.807, 2.05) is 31.2 Å². The predicted octanol–water partition coefficient (Wildman–Crippen LogP) is 1.91. The minimum Gasteiger partial charge on any atom is -0.491 e. The monoisotopic (exact) mass is 276 g/mol. The zero-order valence-electron chi connectivity index (χ0n) is 12.5.